The molecule has 2 heterocycles. The largest absolute Gasteiger partial charge is 0.388 e. The van der Waals surface area contributed by atoms with Crippen LogP contribution in [0.5, 0.6) is 0 Å². The summed E-state index contributed by atoms with van der Waals surface area (Å²) in [4.78, 5) is 12.4. The molecule has 6 heteroatoms. The number of rotatable bonds is 4. The first-order chi connectivity index (χ1) is 10.6. The summed E-state index contributed by atoms with van der Waals surface area (Å²) >= 11 is 0. The van der Waals surface area contributed by atoms with E-state index in [9.17, 15) is 9.90 Å². The molecule has 0 radical (unpaired) electrons. The molecule has 22 heavy (non-hydrogen) atoms. The monoisotopic (exact) mass is 307 g/mol. The molecule has 6 nitrogen and oxygen atoms in total. The van der Waals surface area contributed by atoms with E-state index < -0.39 is 5.60 Å². The van der Waals surface area contributed by atoms with Gasteiger partial charge in [-0.15, -0.1) is 0 Å². The standard InChI is InChI=1S/C16H25N3O3/c1-12-14(10-18-19(12)13-4-2-3-5-13)15(20)17-11-16(21)6-8-22-9-7-16/h10,13,21H,2-9,11H2,1H3,(H,17,20). The molecule has 1 aliphatic carbocycles. The maximum Gasteiger partial charge on any atom is 0.254 e. The molecule has 0 unspecified atom stereocenters. The van der Waals surface area contributed by atoms with Crippen molar-refractivity contribution in [3.05, 3.63) is 17.5 Å². The van der Waals surface area contributed by atoms with Gasteiger partial charge in [-0.1, -0.05) is 12.8 Å². The molecule has 2 N–H and O–H groups in total. The number of aromatic nitrogens is 2. The molecule has 2 fully saturated rings. The van der Waals surface area contributed by atoms with Gasteiger partial charge in [0.25, 0.3) is 5.91 Å². The number of carbonyl (C=O) groups is 1. The Morgan fingerprint density at radius 3 is 2.82 bits per heavy atom. The Morgan fingerprint density at radius 2 is 2.14 bits per heavy atom. The maximum absolute atomic E-state index is 12.4. The van der Waals surface area contributed by atoms with Gasteiger partial charge in [-0.3, -0.25) is 9.48 Å². The van der Waals surface area contributed by atoms with E-state index in [1.165, 1.54) is 12.8 Å². The first kappa shape index (κ1) is 15.5. The lowest BCUT2D eigenvalue weighted by molar-refractivity contribution is -0.0605. The molecule has 1 aliphatic heterocycles. The summed E-state index contributed by atoms with van der Waals surface area (Å²) in [6.07, 6.45) is 7.53. The number of amides is 1. The molecule has 122 valence electrons. The van der Waals surface area contributed by atoms with E-state index >= 15 is 0 Å². The highest BCUT2D eigenvalue weighted by atomic mass is 16.5. The third kappa shape index (κ3) is 3.17. The summed E-state index contributed by atoms with van der Waals surface area (Å²) in [7, 11) is 0. The Kier molecular flexibility index (Phi) is 4.49. The number of aliphatic hydroxyl groups is 1. The zero-order valence-electron chi connectivity index (χ0n) is 13.2. The fourth-order valence-electron chi connectivity index (χ4n) is 3.43. The third-order valence-electron chi connectivity index (χ3n) is 4.96. The second-order valence-electron chi connectivity index (χ2n) is 6.55. The minimum atomic E-state index is -0.844. The number of hydrogen-bond acceptors (Lipinski definition) is 4. The molecule has 0 bridgehead atoms. The SMILES string of the molecule is Cc1c(C(=O)NCC2(O)CCOCC2)cnn1C1CCCC1. The fraction of sp³-hybridized carbons (Fsp3) is 0.750. The van der Waals surface area contributed by atoms with Crippen LogP contribution in [0.2, 0.25) is 0 Å². The highest BCUT2D eigenvalue weighted by Crippen LogP contribution is 2.30. The van der Waals surface area contributed by atoms with Crippen LogP contribution in [0.25, 0.3) is 0 Å². The highest BCUT2D eigenvalue weighted by Gasteiger charge is 2.31. The van der Waals surface area contributed by atoms with Crippen LogP contribution in [0.3, 0.4) is 0 Å². The molecule has 1 amide bonds. The molecule has 3 rings (SSSR count). The van der Waals surface area contributed by atoms with Gasteiger partial charge in [0.15, 0.2) is 0 Å². The Hall–Kier alpha value is -1.40. The van der Waals surface area contributed by atoms with Crippen molar-refractivity contribution < 1.29 is 14.6 Å². The van der Waals surface area contributed by atoms with E-state index in [0.717, 1.165) is 18.5 Å². The summed E-state index contributed by atoms with van der Waals surface area (Å²) in [6, 6.07) is 0.432. The lowest BCUT2D eigenvalue weighted by atomic mass is 9.94. The van der Waals surface area contributed by atoms with Crippen LogP contribution < -0.4 is 5.32 Å². The van der Waals surface area contributed by atoms with Crippen LogP contribution in [0.4, 0.5) is 0 Å². The van der Waals surface area contributed by atoms with Crippen molar-refractivity contribution in [2.45, 2.75) is 57.1 Å². The van der Waals surface area contributed by atoms with Crippen molar-refractivity contribution in [1.29, 1.82) is 0 Å². The van der Waals surface area contributed by atoms with Gasteiger partial charge in [0, 0.05) is 38.3 Å². The number of nitrogens with zero attached hydrogens (tertiary/aromatic N) is 2. The van der Waals surface area contributed by atoms with E-state index in [1.807, 2.05) is 11.6 Å². The average Bonchev–Trinajstić information content (AvgIpc) is 3.15. The smallest absolute Gasteiger partial charge is 0.254 e. The summed E-state index contributed by atoms with van der Waals surface area (Å²) in [6.45, 7) is 3.31. The second-order valence-corrected chi connectivity index (χ2v) is 6.55. The maximum atomic E-state index is 12.4. The average molecular weight is 307 g/mol. The molecule has 0 spiro atoms. The molecule has 1 saturated carbocycles. The lowest BCUT2D eigenvalue weighted by Crippen LogP contribution is -2.46. The minimum absolute atomic E-state index is 0.151. The summed E-state index contributed by atoms with van der Waals surface area (Å²) in [5, 5.41) is 17.7. The molecule has 1 saturated heterocycles. The normalized spacial score (nSPS) is 21.9. The van der Waals surface area contributed by atoms with Crippen LogP contribution in [-0.4, -0.2) is 46.2 Å². The van der Waals surface area contributed by atoms with Crippen LogP contribution in [0.15, 0.2) is 6.20 Å². The van der Waals surface area contributed by atoms with Crippen LogP contribution >= 0.6 is 0 Å². The van der Waals surface area contributed by atoms with Crippen LogP contribution in [0.1, 0.15) is 60.6 Å². The minimum Gasteiger partial charge on any atom is -0.388 e. The third-order valence-corrected chi connectivity index (χ3v) is 4.96. The molecular formula is C16H25N3O3. The molecule has 0 aromatic carbocycles. The second kappa shape index (κ2) is 6.38. The van der Waals surface area contributed by atoms with E-state index in [2.05, 4.69) is 10.4 Å². The summed E-state index contributed by atoms with van der Waals surface area (Å²) < 4.78 is 7.24. The van der Waals surface area contributed by atoms with Crippen molar-refractivity contribution >= 4 is 5.91 Å². The Balaban J connectivity index is 1.62. The van der Waals surface area contributed by atoms with Crippen LogP contribution in [0, 0.1) is 6.92 Å². The van der Waals surface area contributed by atoms with Gasteiger partial charge < -0.3 is 15.2 Å². The first-order valence-corrected chi connectivity index (χ1v) is 8.21. The highest BCUT2D eigenvalue weighted by molar-refractivity contribution is 5.95. The number of carbonyl (C=O) groups excluding carboxylic acids is 1. The van der Waals surface area contributed by atoms with Gasteiger partial charge in [-0.05, 0) is 19.8 Å². The summed E-state index contributed by atoms with van der Waals surface area (Å²) in [5.41, 5.74) is 0.689. The Morgan fingerprint density at radius 1 is 1.45 bits per heavy atom. The number of hydrogen-bond donors (Lipinski definition) is 2. The van der Waals surface area contributed by atoms with Crippen molar-refractivity contribution in [3.8, 4) is 0 Å². The van der Waals surface area contributed by atoms with Crippen molar-refractivity contribution in [3.63, 3.8) is 0 Å². The molecular weight excluding hydrogens is 282 g/mol. The molecule has 0 atom stereocenters. The van der Waals surface area contributed by atoms with Gasteiger partial charge in [-0.2, -0.15) is 5.10 Å². The molecule has 1 aromatic rings. The topological polar surface area (TPSA) is 76.4 Å². The lowest BCUT2D eigenvalue weighted by Gasteiger charge is -2.32. The van der Waals surface area contributed by atoms with E-state index in [-0.39, 0.29) is 12.5 Å². The zero-order chi connectivity index (χ0) is 15.6. The van der Waals surface area contributed by atoms with Gasteiger partial charge in [0.2, 0.25) is 0 Å². The molecule has 1 aromatic heterocycles. The summed E-state index contributed by atoms with van der Waals surface area (Å²) in [5.74, 6) is -0.151. The van der Waals surface area contributed by atoms with Gasteiger partial charge >= 0.3 is 0 Å². The van der Waals surface area contributed by atoms with Crippen molar-refractivity contribution in [2.75, 3.05) is 19.8 Å². The van der Waals surface area contributed by atoms with Gasteiger partial charge in [0.1, 0.15) is 0 Å². The Labute approximate surface area is 130 Å². The van der Waals surface area contributed by atoms with Gasteiger partial charge in [-0.25, -0.2) is 0 Å². The van der Waals surface area contributed by atoms with Gasteiger partial charge in [0.05, 0.1) is 23.4 Å². The number of ether oxygens (including phenoxy) is 1. The predicted molar refractivity (Wildman–Crippen MR) is 81.8 cm³/mol. The van der Waals surface area contributed by atoms with Crippen LogP contribution in [-0.2, 0) is 4.74 Å². The fourth-order valence-corrected chi connectivity index (χ4v) is 3.43. The van der Waals surface area contributed by atoms with Crippen molar-refractivity contribution in [2.24, 2.45) is 0 Å². The van der Waals surface area contributed by atoms with Crippen molar-refractivity contribution in [1.82, 2.24) is 15.1 Å². The predicted octanol–water partition coefficient (Wildman–Crippen LogP) is 1.58. The Bertz CT molecular complexity index is 529. The zero-order valence-corrected chi connectivity index (χ0v) is 13.2. The van der Waals surface area contributed by atoms with E-state index in [4.69, 9.17) is 4.74 Å². The first-order valence-electron chi connectivity index (χ1n) is 8.21. The van der Waals surface area contributed by atoms with E-state index in [0.29, 0.717) is 37.7 Å². The molecule has 2 aliphatic rings. The number of nitrogens with one attached hydrogen (secondary N) is 1. The van der Waals surface area contributed by atoms with E-state index in [1.54, 1.807) is 6.20 Å². The quantitative estimate of drug-likeness (QED) is 0.885.